The Balaban J connectivity index is 3.85. The molecule has 0 saturated heterocycles. The summed E-state index contributed by atoms with van der Waals surface area (Å²) in [6, 6.07) is 0. The zero-order valence-corrected chi connectivity index (χ0v) is 13.0. The van der Waals surface area contributed by atoms with Crippen LogP contribution in [0.15, 0.2) is 4.47 Å². The van der Waals surface area contributed by atoms with Gasteiger partial charge in [-0.25, -0.2) is 17.6 Å². The van der Waals surface area contributed by atoms with Crippen LogP contribution >= 0.6 is 15.9 Å². The molecule has 1 unspecified atom stereocenters. The van der Waals surface area contributed by atoms with Crippen LogP contribution in [0.25, 0.3) is 0 Å². The zero-order valence-electron chi connectivity index (χ0n) is 10.6. The van der Waals surface area contributed by atoms with Gasteiger partial charge in [-0.05, 0) is 21.3 Å². The molecule has 0 aromatic heterocycles. The SMILES string of the molecule is CC(C)(C)C(c1c(F)c(F)c(F)c(Br)c1F)S(=O)(=O)O. The standard InChI is InChI=1S/C11H11BrF4O3S/c1-11(2,3)10(20(17,18)19)4-6(13)5(12)8(15)9(16)7(4)14/h10H,1-3H3,(H,17,18,19). The van der Waals surface area contributed by atoms with Gasteiger partial charge >= 0.3 is 0 Å². The highest BCUT2D eigenvalue weighted by Crippen LogP contribution is 2.43. The molecular weight excluding hydrogens is 368 g/mol. The lowest BCUT2D eigenvalue weighted by atomic mass is 9.86. The van der Waals surface area contributed by atoms with E-state index in [1.54, 1.807) is 0 Å². The Morgan fingerprint density at radius 2 is 1.45 bits per heavy atom. The fourth-order valence-electron chi connectivity index (χ4n) is 1.88. The Bertz CT molecular complexity index is 624. The van der Waals surface area contributed by atoms with Crippen LogP contribution in [-0.2, 0) is 10.1 Å². The van der Waals surface area contributed by atoms with Gasteiger partial charge in [-0.1, -0.05) is 20.8 Å². The summed E-state index contributed by atoms with van der Waals surface area (Å²) in [6.45, 7) is 3.83. The molecule has 0 amide bonds. The smallest absolute Gasteiger partial charge is 0.272 e. The highest BCUT2D eigenvalue weighted by atomic mass is 79.9. The minimum atomic E-state index is -4.96. The maximum absolute atomic E-state index is 13.9. The van der Waals surface area contributed by atoms with E-state index >= 15 is 0 Å². The van der Waals surface area contributed by atoms with Crippen molar-refractivity contribution in [1.82, 2.24) is 0 Å². The van der Waals surface area contributed by atoms with Crippen molar-refractivity contribution in [3.8, 4) is 0 Å². The highest BCUT2D eigenvalue weighted by molar-refractivity contribution is 9.10. The molecule has 0 bridgehead atoms. The van der Waals surface area contributed by atoms with Crippen LogP contribution in [0.1, 0.15) is 31.6 Å². The molecule has 0 spiro atoms. The lowest BCUT2D eigenvalue weighted by molar-refractivity contribution is 0.331. The molecule has 1 atom stereocenters. The molecule has 0 aliphatic heterocycles. The van der Waals surface area contributed by atoms with E-state index in [0.717, 1.165) is 0 Å². The summed E-state index contributed by atoms with van der Waals surface area (Å²) in [5.41, 5.74) is -2.61. The lowest BCUT2D eigenvalue weighted by Crippen LogP contribution is -2.29. The van der Waals surface area contributed by atoms with Crippen molar-refractivity contribution in [2.24, 2.45) is 5.41 Å². The van der Waals surface area contributed by atoms with Crippen LogP contribution in [0, 0.1) is 28.7 Å². The third-order valence-electron chi connectivity index (χ3n) is 2.59. The van der Waals surface area contributed by atoms with Gasteiger partial charge in [-0.2, -0.15) is 8.42 Å². The minimum absolute atomic E-state index is 1.04. The van der Waals surface area contributed by atoms with Crippen LogP contribution in [0.5, 0.6) is 0 Å². The second-order valence-corrected chi connectivity index (χ2v) is 7.54. The average Bonchev–Trinajstić information content (AvgIpc) is 2.26. The summed E-state index contributed by atoms with van der Waals surface area (Å²) in [6.07, 6.45) is 0. The van der Waals surface area contributed by atoms with Crippen LogP contribution < -0.4 is 0 Å². The van der Waals surface area contributed by atoms with Crippen LogP contribution in [0.3, 0.4) is 0 Å². The molecular formula is C11H11BrF4O3S. The molecule has 0 saturated carbocycles. The zero-order chi connectivity index (χ0) is 16.0. The third kappa shape index (κ3) is 2.99. The first-order chi connectivity index (χ1) is 8.80. The second-order valence-electron chi connectivity index (χ2n) is 5.24. The Kier molecular flexibility index (Phi) is 4.58. The van der Waals surface area contributed by atoms with Gasteiger partial charge in [-0.3, -0.25) is 4.55 Å². The van der Waals surface area contributed by atoms with Crippen molar-refractivity contribution >= 4 is 26.0 Å². The summed E-state index contributed by atoms with van der Waals surface area (Å²) >= 11 is 2.38. The van der Waals surface area contributed by atoms with Gasteiger partial charge in [0, 0.05) is 5.56 Å². The fraction of sp³-hybridized carbons (Fsp3) is 0.455. The molecule has 0 aliphatic carbocycles. The van der Waals surface area contributed by atoms with E-state index in [2.05, 4.69) is 15.9 Å². The Morgan fingerprint density at radius 3 is 1.80 bits per heavy atom. The number of halogens is 5. The highest BCUT2D eigenvalue weighted by Gasteiger charge is 2.42. The minimum Gasteiger partial charge on any atom is -0.285 e. The monoisotopic (exact) mass is 378 g/mol. The number of rotatable bonds is 2. The van der Waals surface area contributed by atoms with E-state index in [9.17, 15) is 30.5 Å². The van der Waals surface area contributed by atoms with E-state index in [1.165, 1.54) is 20.8 Å². The summed E-state index contributed by atoms with van der Waals surface area (Å²) < 4.78 is 85.1. The van der Waals surface area contributed by atoms with Crippen molar-refractivity contribution in [2.45, 2.75) is 26.0 Å². The summed E-state index contributed by atoms with van der Waals surface area (Å²) in [7, 11) is -4.96. The topological polar surface area (TPSA) is 54.4 Å². The largest absolute Gasteiger partial charge is 0.285 e. The van der Waals surface area contributed by atoms with Crippen molar-refractivity contribution in [3.63, 3.8) is 0 Å². The van der Waals surface area contributed by atoms with Gasteiger partial charge in [0.15, 0.2) is 17.5 Å². The Hall–Kier alpha value is -0.670. The molecule has 3 nitrogen and oxygen atoms in total. The normalized spacial score (nSPS) is 14.4. The van der Waals surface area contributed by atoms with Gasteiger partial charge < -0.3 is 0 Å². The number of benzene rings is 1. The molecule has 0 heterocycles. The summed E-state index contributed by atoms with van der Waals surface area (Å²) in [5, 5.41) is -2.10. The quantitative estimate of drug-likeness (QED) is 0.366. The lowest BCUT2D eigenvalue weighted by Gasteiger charge is -2.29. The molecule has 0 fully saturated rings. The summed E-state index contributed by atoms with van der Waals surface area (Å²) in [4.78, 5) is 0. The van der Waals surface area contributed by atoms with E-state index in [4.69, 9.17) is 0 Å². The van der Waals surface area contributed by atoms with Gasteiger partial charge in [0.1, 0.15) is 11.1 Å². The number of hydrogen-bond acceptors (Lipinski definition) is 2. The molecule has 1 aromatic rings. The van der Waals surface area contributed by atoms with E-state index in [1.807, 2.05) is 0 Å². The first kappa shape index (κ1) is 17.4. The first-order valence-electron chi connectivity index (χ1n) is 5.27. The molecule has 1 aromatic carbocycles. The molecule has 9 heteroatoms. The van der Waals surface area contributed by atoms with Gasteiger partial charge in [0.25, 0.3) is 10.1 Å². The molecule has 20 heavy (non-hydrogen) atoms. The third-order valence-corrected chi connectivity index (χ3v) is 4.83. The van der Waals surface area contributed by atoms with Crippen LogP contribution in [0.2, 0.25) is 0 Å². The summed E-state index contributed by atoms with van der Waals surface area (Å²) in [5.74, 6) is -7.43. The van der Waals surface area contributed by atoms with Crippen molar-refractivity contribution < 1.29 is 30.5 Å². The molecule has 1 N–H and O–H groups in total. The second kappa shape index (κ2) is 5.27. The van der Waals surface area contributed by atoms with E-state index < -0.39 is 54.1 Å². The van der Waals surface area contributed by atoms with Crippen LogP contribution in [0.4, 0.5) is 17.6 Å². The van der Waals surface area contributed by atoms with Gasteiger partial charge in [-0.15, -0.1) is 0 Å². The van der Waals surface area contributed by atoms with Crippen molar-refractivity contribution in [1.29, 1.82) is 0 Å². The predicted octanol–water partition coefficient (Wildman–Crippen LogP) is 3.98. The predicted molar refractivity (Wildman–Crippen MR) is 67.7 cm³/mol. The van der Waals surface area contributed by atoms with Crippen LogP contribution in [-0.4, -0.2) is 13.0 Å². The number of hydrogen-bond donors (Lipinski definition) is 1. The maximum atomic E-state index is 13.9. The van der Waals surface area contributed by atoms with E-state index in [-0.39, 0.29) is 0 Å². The van der Waals surface area contributed by atoms with Crippen molar-refractivity contribution in [3.05, 3.63) is 33.3 Å². The Labute approximate surface area is 121 Å². The molecule has 1 rings (SSSR count). The Morgan fingerprint density at radius 1 is 1.00 bits per heavy atom. The average molecular weight is 379 g/mol. The molecule has 0 radical (unpaired) electrons. The van der Waals surface area contributed by atoms with E-state index in [0.29, 0.717) is 0 Å². The van der Waals surface area contributed by atoms with Crippen molar-refractivity contribution in [2.75, 3.05) is 0 Å². The fourth-order valence-corrected chi connectivity index (χ4v) is 3.67. The maximum Gasteiger partial charge on any atom is 0.272 e. The molecule has 114 valence electrons. The first-order valence-corrected chi connectivity index (χ1v) is 7.57. The molecule has 0 aliphatic rings. The van der Waals surface area contributed by atoms with Gasteiger partial charge in [0.05, 0.1) is 4.47 Å². The van der Waals surface area contributed by atoms with Gasteiger partial charge in [0.2, 0.25) is 0 Å².